The van der Waals surface area contributed by atoms with Crippen molar-refractivity contribution in [2.75, 3.05) is 13.1 Å². The zero-order valence-electron chi connectivity index (χ0n) is 16.8. The van der Waals surface area contributed by atoms with Crippen LogP contribution in [0.4, 0.5) is 0 Å². The van der Waals surface area contributed by atoms with Gasteiger partial charge in [-0.1, -0.05) is 68.2 Å². The molecule has 4 rings (SSSR count). The number of para-hydroxylation sites is 1. The van der Waals surface area contributed by atoms with Crippen molar-refractivity contribution in [2.45, 2.75) is 57.9 Å². The van der Waals surface area contributed by atoms with Crippen LogP contribution in [0.3, 0.4) is 0 Å². The second-order valence-corrected chi connectivity index (χ2v) is 8.71. The molecule has 1 heterocycles. The van der Waals surface area contributed by atoms with Crippen molar-refractivity contribution in [3.63, 3.8) is 0 Å². The van der Waals surface area contributed by atoms with Crippen LogP contribution in [0.5, 0.6) is 10.9 Å². The molecule has 1 aromatic heterocycles. The van der Waals surface area contributed by atoms with E-state index in [9.17, 15) is 0 Å². The molecule has 0 spiro atoms. The van der Waals surface area contributed by atoms with Crippen LogP contribution in [0.15, 0.2) is 48.5 Å². The first-order valence-electron chi connectivity index (χ1n) is 10.7. The summed E-state index contributed by atoms with van der Waals surface area (Å²) < 4.78 is 7.13. The number of ether oxygens (including phenoxy) is 1. The summed E-state index contributed by atoms with van der Waals surface area (Å²) in [5.41, 5.74) is 2.38. The molecule has 1 aliphatic rings. The molecule has 0 radical (unpaired) electrons. The van der Waals surface area contributed by atoms with Crippen molar-refractivity contribution >= 4 is 21.6 Å². The number of aromatic nitrogens is 1. The molecule has 1 fully saturated rings. The Hall–Kier alpha value is -1.91. The van der Waals surface area contributed by atoms with E-state index in [0.717, 1.165) is 41.5 Å². The molecular formula is C24H30N2OS. The van der Waals surface area contributed by atoms with Gasteiger partial charge in [0, 0.05) is 12.6 Å². The number of rotatable bonds is 7. The van der Waals surface area contributed by atoms with Gasteiger partial charge in [0.15, 0.2) is 0 Å². The smallest absolute Gasteiger partial charge is 0.279 e. The molecule has 0 aliphatic heterocycles. The van der Waals surface area contributed by atoms with Gasteiger partial charge >= 0.3 is 0 Å². The van der Waals surface area contributed by atoms with E-state index in [1.54, 1.807) is 11.3 Å². The molecule has 148 valence electrons. The van der Waals surface area contributed by atoms with Gasteiger partial charge in [0.05, 0.1) is 10.2 Å². The maximum Gasteiger partial charge on any atom is 0.279 e. The number of hydrogen-bond acceptors (Lipinski definition) is 4. The van der Waals surface area contributed by atoms with Crippen LogP contribution in [0, 0.1) is 0 Å². The number of benzene rings is 2. The maximum absolute atomic E-state index is 5.97. The molecule has 1 aliphatic carbocycles. The summed E-state index contributed by atoms with van der Waals surface area (Å²) in [5, 5.41) is 0.708. The van der Waals surface area contributed by atoms with Crippen molar-refractivity contribution in [3.8, 4) is 10.9 Å². The van der Waals surface area contributed by atoms with E-state index in [4.69, 9.17) is 4.74 Å². The Labute approximate surface area is 172 Å². The molecule has 0 amide bonds. The van der Waals surface area contributed by atoms with E-state index in [-0.39, 0.29) is 0 Å². The van der Waals surface area contributed by atoms with Crippen LogP contribution in [0.1, 0.15) is 51.0 Å². The maximum atomic E-state index is 5.97. The zero-order chi connectivity index (χ0) is 19.2. The molecule has 3 aromatic rings. The molecule has 0 N–H and O–H groups in total. The minimum Gasteiger partial charge on any atom is -0.431 e. The van der Waals surface area contributed by atoms with Gasteiger partial charge in [-0.25, -0.2) is 4.98 Å². The Balaban J connectivity index is 1.33. The first kappa shape index (κ1) is 19.4. The lowest BCUT2D eigenvalue weighted by molar-refractivity contribution is 0.190. The fourth-order valence-electron chi connectivity index (χ4n) is 4.21. The summed E-state index contributed by atoms with van der Waals surface area (Å²) in [6, 6.07) is 17.5. The van der Waals surface area contributed by atoms with Crippen molar-refractivity contribution in [3.05, 3.63) is 54.1 Å². The topological polar surface area (TPSA) is 25.4 Å². The van der Waals surface area contributed by atoms with E-state index in [0.29, 0.717) is 5.19 Å². The molecule has 0 atom stereocenters. The summed E-state index contributed by atoms with van der Waals surface area (Å²) >= 11 is 1.59. The third-order valence-electron chi connectivity index (χ3n) is 5.84. The highest BCUT2D eigenvalue weighted by Gasteiger charge is 2.18. The lowest BCUT2D eigenvalue weighted by atomic mass is 10.1. The quantitative estimate of drug-likeness (QED) is 0.418. The van der Waals surface area contributed by atoms with Crippen LogP contribution in [0.2, 0.25) is 0 Å². The molecule has 1 saturated carbocycles. The minimum atomic E-state index is 0.708. The predicted molar refractivity (Wildman–Crippen MR) is 119 cm³/mol. The summed E-state index contributed by atoms with van der Waals surface area (Å²) in [6.45, 7) is 4.61. The van der Waals surface area contributed by atoms with Gasteiger partial charge in [-0.3, -0.25) is 0 Å². The van der Waals surface area contributed by atoms with Crippen molar-refractivity contribution in [1.82, 2.24) is 9.88 Å². The highest BCUT2D eigenvalue weighted by molar-refractivity contribution is 7.20. The zero-order valence-corrected chi connectivity index (χ0v) is 17.6. The summed E-state index contributed by atoms with van der Waals surface area (Å²) in [4.78, 5) is 7.24. The first-order chi connectivity index (χ1) is 13.8. The fourth-order valence-corrected chi connectivity index (χ4v) is 5.05. The largest absolute Gasteiger partial charge is 0.431 e. The number of likely N-dealkylation sites (N-methyl/N-ethyl adjacent to an activating group) is 1. The molecule has 3 nitrogen and oxygen atoms in total. The number of fused-ring (bicyclic) bond motifs is 1. The lowest BCUT2D eigenvalue weighted by Crippen LogP contribution is -2.36. The van der Waals surface area contributed by atoms with Gasteiger partial charge in [-0.2, -0.15) is 0 Å². The van der Waals surface area contributed by atoms with Crippen LogP contribution >= 0.6 is 11.3 Å². The third kappa shape index (κ3) is 4.92. The molecule has 0 bridgehead atoms. The third-order valence-corrected chi connectivity index (χ3v) is 6.75. The van der Waals surface area contributed by atoms with Crippen LogP contribution < -0.4 is 4.74 Å². The van der Waals surface area contributed by atoms with E-state index in [1.165, 1.54) is 44.1 Å². The summed E-state index contributed by atoms with van der Waals surface area (Å²) in [6.07, 6.45) is 9.50. The fraction of sp³-hybridized carbons (Fsp3) is 0.458. The molecule has 2 aromatic carbocycles. The molecule has 28 heavy (non-hydrogen) atoms. The monoisotopic (exact) mass is 394 g/mol. The Morgan fingerprint density at radius 2 is 1.75 bits per heavy atom. The highest BCUT2D eigenvalue weighted by atomic mass is 32.1. The van der Waals surface area contributed by atoms with E-state index >= 15 is 0 Å². The number of hydrogen-bond donors (Lipinski definition) is 0. The van der Waals surface area contributed by atoms with Gasteiger partial charge in [-0.05, 0) is 55.6 Å². The average molecular weight is 395 g/mol. The van der Waals surface area contributed by atoms with E-state index < -0.39 is 0 Å². The van der Waals surface area contributed by atoms with Crippen molar-refractivity contribution in [2.24, 2.45) is 0 Å². The average Bonchev–Trinajstić information content (AvgIpc) is 2.93. The van der Waals surface area contributed by atoms with E-state index in [1.807, 2.05) is 18.2 Å². The Morgan fingerprint density at radius 1 is 1.00 bits per heavy atom. The van der Waals surface area contributed by atoms with Crippen LogP contribution in [-0.4, -0.2) is 29.0 Å². The Kier molecular flexibility index (Phi) is 6.61. The molecule has 4 heteroatoms. The first-order valence-corrected chi connectivity index (χ1v) is 11.5. The van der Waals surface area contributed by atoms with E-state index in [2.05, 4.69) is 47.1 Å². The lowest BCUT2D eigenvalue weighted by Gasteiger charge is -2.30. The minimum absolute atomic E-state index is 0.708. The number of nitrogens with zero attached hydrogens (tertiary/aromatic N) is 2. The standard InChI is InChI=1S/C24H30N2OS/c1-2-26(20-9-5-3-4-6-10-20)18-17-19-13-15-21(16-14-19)27-24-25-22-11-7-8-12-23(22)28-24/h7-8,11-16,20H,2-6,9-10,17-18H2,1H3. The van der Waals surface area contributed by atoms with Crippen LogP contribution in [-0.2, 0) is 6.42 Å². The van der Waals surface area contributed by atoms with Gasteiger partial charge in [0.1, 0.15) is 5.75 Å². The van der Waals surface area contributed by atoms with Gasteiger partial charge in [-0.15, -0.1) is 0 Å². The SMILES string of the molecule is CCN(CCc1ccc(Oc2nc3ccccc3s2)cc1)C1CCCCCC1. The van der Waals surface area contributed by atoms with Crippen molar-refractivity contribution in [1.29, 1.82) is 0 Å². The van der Waals surface area contributed by atoms with Gasteiger partial charge < -0.3 is 9.64 Å². The molecule has 0 unspecified atom stereocenters. The van der Waals surface area contributed by atoms with Crippen LogP contribution in [0.25, 0.3) is 10.2 Å². The van der Waals surface area contributed by atoms with Gasteiger partial charge in [0.2, 0.25) is 0 Å². The summed E-state index contributed by atoms with van der Waals surface area (Å²) in [5.74, 6) is 0.860. The molecular weight excluding hydrogens is 364 g/mol. The molecule has 0 saturated heterocycles. The number of thiazole rings is 1. The van der Waals surface area contributed by atoms with Gasteiger partial charge in [0.25, 0.3) is 5.19 Å². The highest BCUT2D eigenvalue weighted by Crippen LogP contribution is 2.31. The summed E-state index contributed by atoms with van der Waals surface area (Å²) in [7, 11) is 0. The predicted octanol–water partition coefficient (Wildman–Crippen LogP) is 6.68. The second-order valence-electron chi connectivity index (χ2n) is 7.72. The Bertz CT molecular complexity index is 833. The second kappa shape index (κ2) is 9.53. The normalized spacial score (nSPS) is 15.8. The van der Waals surface area contributed by atoms with Crippen molar-refractivity contribution < 1.29 is 4.74 Å². The Morgan fingerprint density at radius 3 is 2.46 bits per heavy atom.